The molecule has 0 bridgehead atoms. The van der Waals surface area contributed by atoms with Crippen molar-refractivity contribution >= 4 is 17.1 Å². The molecule has 1 aliphatic heterocycles. The largest absolute Gasteiger partial charge is 0.462 e. The Balaban J connectivity index is 1.70. The van der Waals surface area contributed by atoms with Crippen molar-refractivity contribution in [1.29, 1.82) is 0 Å². The van der Waals surface area contributed by atoms with Crippen LogP contribution < -0.4 is 9.64 Å². The van der Waals surface area contributed by atoms with Crippen LogP contribution in [0, 0.1) is 0 Å². The van der Waals surface area contributed by atoms with E-state index in [0.717, 1.165) is 22.8 Å². The van der Waals surface area contributed by atoms with Gasteiger partial charge in [-0.2, -0.15) is 0 Å². The van der Waals surface area contributed by atoms with Crippen molar-refractivity contribution in [3.8, 4) is 5.75 Å². The Kier molecular flexibility index (Phi) is 3.70. The van der Waals surface area contributed by atoms with Gasteiger partial charge in [-0.1, -0.05) is 36.4 Å². The van der Waals surface area contributed by atoms with Crippen LogP contribution in [0.5, 0.6) is 5.75 Å². The van der Waals surface area contributed by atoms with Crippen molar-refractivity contribution in [2.75, 3.05) is 11.5 Å². The average molecular weight is 303 g/mol. The van der Waals surface area contributed by atoms with Crippen LogP contribution in [0.3, 0.4) is 0 Å². The van der Waals surface area contributed by atoms with E-state index in [2.05, 4.69) is 41.3 Å². The van der Waals surface area contributed by atoms with Gasteiger partial charge in [0, 0.05) is 17.1 Å². The Morgan fingerprint density at radius 1 is 0.696 bits per heavy atom. The van der Waals surface area contributed by atoms with E-state index in [9.17, 15) is 0 Å². The van der Waals surface area contributed by atoms with Gasteiger partial charge in [0.25, 0.3) is 0 Å². The average Bonchev–Trinajstić information content (AvgIpc) is 3.43. The van der Waals surface area contributed by atoms with Crippen LogP contribution >= 0.6 is 0 Å². The zero-order chi connectivity index (χ0) is 15.5. The molecule has 1 heterocycles. The summed E-state index contributed by atoms with van der Waals surface area (Å²) >= 11 is 0. The van der Waals surface area contributed by atoms with Gasteiger partial charge in [0.1, 0.15) is 12.4 Å². The molecule has 1 aliphatic rings. The molecular formula is C20H17NO2. The summed E-state index contributed by atoms with van der Waals surface area (Å²) in [6.07, 6.45) is -0.0693. The topological polar surface area (TPSA) is 25.0 Å². The van der Waals surface area contributed by atoms with Crippen molar-refractivity contribution in [1.82, 2.24) is 0 Å². The molecule has 3 heteroatoms. The summed E-state index contributed by atoms with van der Waals surface area (Å²) in [5.74, 6) is 0.831. The molecule has 1 unspecified atom stereocenters. The highest BCUT2D eigenvalue weighted by Crippen LogP contribution is 2.35. The molecule has 0 aliphatic carbocycles. The second-order valence-electron chi connectivity index (χ2n) is 5.38. The Morgan fingerprint density at radius 2 is 1.17 bits per heavy atom. The molecule has 0 aromatic heterocycles. The van der Waals surface area contributed by atoms with Crippen molar-refractivity contribution in [2.24, 2.45) is 0 Å². The first kappa shape index (κ1) is 13.9. The summed E-state index contributed by atoms with van der Waals surface area (Å²) in [6.45, 7) is 0.682. The van der Waals surface area contributed by atoms with Crippen LogP contribution in [-0.2, 0) is 4.74 Å². The molecule has 0 saturated carbocycles. The van der Waals surface area contributed by atoms with E-state index in [0.29, 0.717) is 6.61 Å². The fourth-order valence-corrected chi connectivity index (χ4v) is 2.53. The Hall–Kier alpha value is -2.78. The molecule has 3 nitrogen and oxygen atoms in total. The van der Waals surface area contributed by atoms with Gasteiger partial charge in [-0.05, 0) is 48.5 Å². The minimum Gasteiger partial charge on any atom is -0.462 e. The number of hydrogen-bond acceptors (Lipinski definition) is 3. The monoisotopic (exact) mass is 303 g/mol. The fourth-order valence-electron chi connectivity index (χ4n) is 2.53. The molecule has 1 fully saturated rings. The summed E-state index contributed by atoms with van der Waals surface area (Å²) in [6, 6.07) is 28.8. The first-order valence-electron chi connectivity index (χ1n) is 7.69. The number of epoxide rings is 1. The van der Waals surface area contributed by atoms with Crippen molar-refractivity contribution < 1.29 is 9.47 Å². The van der Waals surface area contributed by atoms with E-state index in [1.165, 1.54) is 0 Å². The number of ether oxygens (including phenoxy) is 2. The Bertz CT molecular complexity index is 713. The van der Waals surface area contributed by atoms with Crippen LogP contribution in [0.2, 0.25) is 0 Å². The van der Waals surface area contributed by atoms with Gasteiger partial charge in [0.15, 0.2) is 0 Å². The first-order chi connectivity index (χ1) is 11.4. The molecule has 114 valence electrons. The molecule has 0 N–H and O–H groups in total. The van der Waals surface area contributed by atoms with Crippen LogP contribution in [-0.4, -0.2) is 12.9 Å². The maximum absolute atomic E-state index is 5.63. The zero-order valence-electron chi connectivity index (χ0n) is 12.6. The lowest BCUT2D eigenvalue weighted by Gasteiger charge is -2.25. The summed E-state index contributed by atoms with van der Waals surface area (Å²) in [7, 11) is 0. The lowest BCUT2D eigenvalue weighted by molar-refractivity contribution is 0.179. The van der Waals surface area contributed by atoms with Crippen molar-refractivity contribution in [3.63, 3.8) is 0 Å². The van der Waals surface area contributed by atoms with Gasteiger partial charge < -0.3 is 14.4 Å². The van der Waals surface area contributed by atoms with Crippen LogP contribution in [0.4, 0.5) is 17.1 Å². The standard InChI is InChI=1S/C20H17NO2/c1-3-7-16(8-4-1)21(17-9-5-2-6-10-17)18-11-13-19(14-12-18)23-20-15-22-20/h1-14,20H,15H2. The highest BCUT2D eigenvalue weighted by atomic mass is 16.8. The third-order valence-corrected chi connectivity index (χ3v) is 3.69. The van der Waals surface area contributed by atoms with E-state index in [-0.39, 0.29) is 6.29 Å². The Morgan fingerprint density at radius 3 is 1.65 bits per heavy atom. The minimum atomic E-state index is -0.0693. The lowest BCUT2D eigenvalue weighted by Crippen LogP contribution is -2.09. The molecule has 1 saturated heterocycles. The predicted octanol–water partition coefficient (Wildman–Crippen LogP) is 4.89. The van der Waals surface area contributed by atoms with Crippen LogP contribution in [0.1, 0.15) is 0 Å². The SMILES string of the molecule is c1ccc(N(c2ccccc2)c2ccc(OC3CO3)cc2)cc1. The van der Waals surface area contributed by atoms with Gasteiger partial charge in [0.2, 0.25) is 6.29 Å². The maximum Gasteiger partial charge on any atom is 0.223 e. The number of para-hydroxylation sites is 2. The van der Waals surface area contributed by atoms with E-state index >= 15 is 0 Å². The lowest BCUT2D eigenvalue weighted by atomic mass is 10.2. The number of benzene rings is 3. The molecular weight excluding hydrogens is 286 g/mol. The molecule has 0 amide bonds. The zero-order valence-corrected chi connectivity index (χ0v) is 12.6. The molecule has 0 spiro atoms. The van der Waals surface area contributed by atoms with E-state index in [1.807, 2.05) is 48.5 Å². The first-order valence-corrected chi connectivity index (χ1v) is 7.69. The summed E-state index contributed by atoms with van der Waals surface area (Å²) in [5.41, 5.74) is 3.34. The second-order valence-corrected chi connectivity index (χ2v) is 5.38. The smallest absolute Gasteiger partial charge is 0.223 e. The second kappa shape index (κ2) is 6.15. The van der Waals surface area contributed by atoms with Gasteiger partial charge in [0.05, 0.1) is 0 Å². The van der Waals surface area contributed by atoms with Gasteiger partial charge >= 0.3 is 0 Å². The maximum atomic E-state index is 5.63. The fraction of sp³-hybridized carbons (Fsp3) is 0.100. The van der Waals surface area contributed by atoms with E-state index in [4.69, 9.17) is 9.47 Å². The molecule has 1 atom stereocenters. The molecule has 23 heavy (non-hydrogen) atoms. The summed E-state index contributed by atoms with van der Waals surface area (Å²) in [5, 5.41) is 0. The molecule has 0 radical (unpaired) electrons. The predicted molar refractivity (Wildman–Crippen MR) is 91.5 cm³/mol. The van der Waals surface area contributed by atoms with E-state index < -0.39 is 0 Å². The van der Waals surface area contributed by atoms with Crippen LogP contribution in [0.25, 0.3) is 0 Å². The van der Waals surface area contributed by atoms with Crippen molar-refractivity contribution in [3.05, 3.63) is 84.9 Å². The molecule has 4 rings (SSSR count). The number of anilines is 3. The number of rotatable bonds is 5. The normalized spacial score (nSPS) is 15.9. The minimum absolute atomic E-state index is 0.0693. The molecule has 3 aromatic rings. The number of nitrogens with zero attached hydrogens (tertiary/aromatic N) is 1. The van der Waals surface area contributed by atoms with Crippen molar-refractivity contribution in [2.45, 2.75) is 6.29 Å². The van der Waals surface area contributed by atoms with Gasteiger partial charge in [-0.3, -0.25) is 0 Å². The third kappa shape index (κ3) is 3.20. The molecule has 3 aromatic carbocycles. The third-order valence-electron chi connectivity index (χ3n) is 3.69. The highest BCUT2D eigenvalue weighted by molar-refractivity contribution is 5.76. The highest BCUT2D eigenvalue weighted by Gasteiger charge is 2.24. The van der Waals surface area contributed by atoms with Gasteiger partial charge in [-0.25, -0.2) is 0 Å². The van der Waals surface area contributed by atoms with Gasteiger partial charge in [-0.15, -0.1) is 0 Å². The van der Waals surface area contributed by atoms with Crippen LogP contribution in [0.15, 0.2) is 84.9 Å². The Labute approximate surface area is 135 Å². The summed E-state index contributed by atoms with van der Waals surface area (Å²) in [4.78, 5) is 2.22. The van der Waals surface area contributed by atoms with E-state index in [1.54, 1.807) is 0 Å². The number of hydrogen-bond donors (Lipinski definition) is 0. The summed E-state index contributed by atoms with van der Waals surface area (Å²) < 4.78 is 10.7. The quantitative estimate of drug-likeness (QED) is 0.627.